The van der Waals surface area contributed by atoms with Crippen LogP contribution in [0.5, 0.6) is 0 Å². The van der Waals surface area contributed by atoms with Crippen LogP contribution in [-0.4, -0.2) is 59.9 Å². The molecule has 0 aromatic heterocycles. The Morgan fingerprint density at radius 3 is 1.55 bits per heavy atom. The van der Waals surface area contributed by atoms with Crippen molar-refractivity contribution in [1.82, 2.24) is 10.6 Å². The van der Waals surface area contributed by atoms with E-state index in [1.165, 1.54) is 38.5 Å². The maximum atomic E-state index is 13.1. The Morgan fingerprint density at radius 1 is 0.786 bits per heavy atom. The fraction of sp³-hybridized carbons (Fsp3) is 0.438. The molecule has 0 bridgehead atoms. The highest BCUT2D eigenvalue weighted by Crippen LogP contribution is 2.29. The van der Waals surface area contributed by atoms with Gasteiger partial charge in [0.1, 0.15) is 22.8 Å². The molecule has 42 heavy (non-hydrogen) atoms. The molecule has 4 rings (SSSR count). The summed E-state index contributed by atoms with van der Waals surface area (Å²) >= 11 is 0. The molecule has 4 N–H and O–H groups in total. The first-order chi connectivity index (χ1) is 20.0. The van der Waals surface area contributed by atoms with Gasteiger partial charge in [-0.2, -0.15) is 0 Å². The van der Waals surface area contributed by atoms with Crippen LogP contribution in [0.2, 0.25) is 0 Å². The molecular formula is C32H36F2N2O6. The molecule has 2 amide bonds. The smallest absolute Gasteiger partial charge is 0.407 e. The van der Waals surface area contributed by atoms with E-state index in [4.69, 9.17) is 0 Å². The summed E-state index contributed by atoms with van der Waals surface area (Å²) in [6, 6.07) is 11.5. The van der Waals surface area contributed by atoms with Gasteiger partial charge >= 0.3 is 12.2 Å². The number of carbonyl (C=O) groups is 2. The van der Waals surface area contributed by atoms with Gasteiger partial charge in [-0.3, -0.25) is 0 Å². The van der Waals surface area contributed by atoms with Crippen molar-refractivity contribution in [3.63, 3.8) is 0 Å². The molecule has 0 heterocycles. The van der Waals surface area contributed by atoms with E-state index in [2.05, 4.69) is 43.8 Å². The van der Waals surface area contributed by atoms with Gasteiger partial charge in [0.05, 0.1) is 14.2 Å². The quantitative estimate of drug-likeness (QED) is 0.390. The van der Waals surface area contributed by atoms with Crippen LogP contribution in [0.15, 0.2) is 48.5 Å². The predicted octanol–water partition coefficient (Wildman–Crippen LogP) is 4.41. The van der Waals surface area contributed by atoms with Gasteiger partial charge in [0, 0.05) is 36.1 Å². The van der Waals surface area contributed by atoms with E-state index in [0.29, 0.717) is 36.8 Å². The Bertz CT molecular complexity index is 1260. The SMILES string of the molecule is COC(=O)NC1CCCC(O)(C#Cc2cccc(F)c2)C1.COC(=O)NC1CCCC(O)(C#Cc2cccc(F)c2)C1. The zero-order chi connectivity index (χ0) is 30.6. The minimum Gasteiger partial charge on any atom is -0.453 e. The van der Waals surface area contributed by atoms with Gasteiger partial charge < -0.3 is 30.3 Å². The number of hydrogen-bond donors (Lipinski definition) is 4. The minimum atomic E-state index is -1.17. The molecule has 2 aromatic carbocycles. The fourth-order valence-corrected chi connectivity index (χ4v) is 4.94. The van der Waals surface area contributed by atoms with Gasteiger partial charge in [-0.1, -0.05) is 35.8 Å². The van der Waals surface area contributed by atoms with Crippen molar-refractivity contribution < 1.29 is 38.1 Å². The molecule has 0 aliphatic heterocycles. The number of carbonyl (C=O) groups excluding carboxylic acids is 2. The van der Waals surface area contributed by atoms with Crippen molar-refractivity contribution in [2.24, 2.45) is 0 Å². The van der Waals surface area contributed by atoms with Crippen LogP contribution >= 0.6 is 0 Å². The summed E-state index contributed by atoms with van der Waals surface area (Å²) in [6.07, 6.45) is 3.78. The second-order valence-electron chi connectivity index (χ2n) is 10.4. The first-order valence-electron chi connectivity index (χ1n) is 13.7. The molecule has 0 saturated heterocycles. The number of methoxy groups -OCH3 is 2. The average Bonchev–Trinajstić information content (AvgIpc) is 2.96. The highest BCUT2D eigenvalue weighted by molar-refractivity contribution is 5.67. The zero-order valence-corrected chi connectivity index (χ0v) is 23.7. The Kier molecular flexibility index (Phi) is 11.7. The predicted molar refractivity (Wildman–Crippen MR) is 152 cm³/mol. The van der Waals surface area contributed by atoms with E-state index < -0.39 is 23.4 Å². The van der Waals surface area contributed by atoms with Crippen LogP contribution in [-0.2, 0) is 9.47 Å². The lowest BCUT2D eigenvalue weighted by molar-refractivity contribution is 0.0455. The summed E-state index contributed by atoms with van der Waals surface area (Å²) in [6.45, 7) is 0. The normalized spacial score (nSPS) is 24.6. The minimum absolute atomic E-state index is 0.169. The maximum Gasteiger partial charge on any atom is 0.407 e. The third-order valence-electron chi connectivity index (χ3n) is 7.00. The monoisotopic (exact) mass is 582 g/mol. The third kappa shape index (κ3) is 10.7. The van der Waals surface area contributed by atoms with Gasteiger partial charge in [-0.15, -0.1) is 0 Å². The molecule has 8 nitrogen and oxygen atoms in total. The Morgan fingerprint density at radius 2 is 1.19 bits per heavy atom. The summed E-state index contributed by atoms with van der Waals surface area (Å²) in [7, 11) is 2.60. The number of benzene rings is 2. The summed E-state index contributed by atoms with van der Waals surface area (Å²) < 4.78 is 35.3. The molecule has 2 fully saturated rings. The highest BCUT2D eigenvalue weighted by Gasteiger charge is 2.34. The van der Waals surface area contributed by atoms with Crippen LogP contribution in [0.4, 0.5) is 18.4 Å². The first-order valence-corrected chi connectivity index (χ1v) is 13.7. The summed E-state index contributed by atoms with van der Waals surface area (Å²) in [4.78, 5) is 22.4. The van der Waals surface area contributed by atoms with Crippen LogP contribution < -0.4 is 10.6 Å². The Labute approximate surface area is 244 Å². The van der Waals surface area contributed by atoms with Gasteiger partial charge in [-0.05, 0) is 74.9 Å². The molecule has 2 aliphatic carbocycles. The van der Waals surface area contributed by atoms with Gasteiger partial charge in [-0.25, -0.2) is 18.4 Å². The maximum absolute atomic E-state index is 13.1. The van der Waals surface area contributed by atoms with Crippen molar-refractivity contribution in [1.29, 1.82) is 0 Å². The fourth-order valence-electron chi connectivity index (χ4n) is 4.94. The van der Waals surface area contributed by atoms with Crippen LogP contribution in [0.3, 0.4) is 0 Å². The van der Waals surface area contributed by atoms with Crippen molar-refractivity contribution in [2.45, 2.75) is 74.7 Å². The number of hydrogen-bond acceptors (Lipinski definition) is 6. The van der Waals surface area contributed by atoms with Crippen LogP contribution in [0.1, 0.15) is 62.5 Å². The third-order valence-corrected chi connectivity index (χ3v) is 7.00. The molecule has 224 valence electrons. The number of ether oxygens (including phenoxy) is 2. The molecule has 2 saturated carbocycles. The Balaban J connectivity index is 0.000000230. The summed E-state index contributed by atoms with van der Waals surface area (Å²) in [5, 5.41) is 26.4. The van der Waals surface area contributed by atoms with Gasteiger partial charge in [0.15, 0.2) is 0 Å². The first kappa shape index (κ1) is 32.4. The number of aliphatic hydroxyl groups is 2. The topological polar surface area (TPSA) is 117 Å². The van der Waals surface area contributed by atoms with Crippen molar-refractivity contribution in [2.75, 3.05) is 14.2 Å². The number of alkyl carbamates (subject to hydrolysis) is 2. The van der Waals surface area contributed by atoms with E-state index in [-0.39, 0.29) is 23.7 Å². The summed E-state index contributed by atoms with van der Waals surface area (Å²) in [5.74, 6) is 10.5. The largest absolute Gasteiger partial charge is 0.453 e. The molecule has 2 aromatic rings. The van der Waals surface area contributed by atoms with Crippen LogP contribution in [0, 0.1) is 35.3 Å². The van der Waals surface area contributed by atoms with Crippen molar-refractivity contribution in [3.8, 4) is 23.7 Å². The van der Waals surface area contributed by atoms with Gasteiger partial charge in [0.2, 0.25) is 0 Å². The van der Waals surface area contributed by atoms with Crippen LogP contribution in [0.25, 0.3) is 0 Å². The average molecular weight is 583 g/mol. The van der Waals surface area contributed by atoms with Crippen molar-refractivity contribution in [3.05, 3.63) is 71.3 Å². The molecule has 4 atom stereocenters. The highest BCUT2D eigenvalue weighted by atomic mass is 19.1. The second-order valence-corrected chi connectivity index (χ2v) is 10.4. The zero-order valence-electron chi connectivity index (χ0n) is 23.7. The number of nitrogens with one attached hydrogen (secondary N) is 2. The van der Waals surface area contributed by atoms with E-state index in [0.717, 1.165) is 25.7 Å². The van der Waals surface area contributed by atoms with Crippen molar-refractivity contribution >= 4 is 12.2 Å². The van der Waals surface area contributed by atoms with E-state index in [1.54, 1.807) is 24.3 Å². The molecule has 4 unspecified atom stereocenters. The number of halogens is 2. The summed E-state index contributed by atoms with van der Waals surface area (Å²) in [5.41, 5.74) is -1.30. The van der Waals surface area contributed by atoms with Gasteiger partial charge in [0.25, 0.3) is 0 Å². The number of rotatable bonds is 2. The lowest BCUT2D eigenvalue weighted by Crippen LogP contribution is -2.45. The van der Waals surface area contributed by atoms with E-state index in [1.807, 2.05) is 0 Å². The molecule has 2 aliphatic rings. The molecule has 0 radical (unpaired) electrons. The van der Waals surface area contributed by atoms with E-state index in [9.17, 15) is 28.6 Å². The standard InChI is InChI=1S/2C16H18FNO3/c2*1-21-15(19)18-14-6-3-8-16(20,11-14)9-7-12-4-2-5-13(17)10-12/h2*2,4-5,10,14,20H,3,6,8,11H2,1H3,(H,18,19). The lowest BCUT2D eigenvalue weighted by atomic mass is 9.82. The molecular weight excluding hydrogens is 546 g/mol. The second kappa shape index (κ2) is 15.2. The Hall–Kier alpha value is -4.12. The van der Waals surface area contributed by atoms with E-state index >= 15 is 0 Å². The number of amides is 2. The lowest BCUT2D eigenvalue weighted by Gasteiger charge is -2.33. The molecule has 10 heteroatoms. The molecule has 0 spiro atoms.